The standard InChI is InChI=1S/C16H21N3OS/c1-2-10-21-15(7-1)19-14(11-12-5-4-9-20-12)18-13-6-3-8-17-16(13)19/h3,6,8,12,15H,1-2,4-5,7,9-11H2. The average molecular weight is 303 g/mol. The van der Waals surface area contributed by atoms with Gasteiger partial charge >= 0.3 is 0 Å². The first-order chi connectivity index (χ1) is 10.4. The molecule has 4 nitrogen and oxygen atoms in total. The number of pyridine rings is 1. The average Bonchev–Trinajstić information content (AvgIpc) is 3.15. The van der Waals surface area contributed by atoms with E-state index in [1.807, 2.05) is 24.0 Å². The predicted octanol–water partition coefficient (Wildman–Crippen LogP) is 3.57. The van der Waals surface area contributed by atoms with E-state index in [9.17, 15) is 0 Å². The molecule has 4 rings (SSSR count). The Morgan fingerprint density at radius 3 is 3.10 bits per heavy atom. The lowest BCUT2D eigenvalue weighted by Gasteiger charge is -2.25. The zero-order chi connectivity index (χ0) is 14.1. The van der Waals surface area contributed by atoms with Gasteiger partial charge in [0, 0.05) is 19.2 Å². The molecule has 0 radical (unpaired) electrons. The van der Waals surface area contributed by atoms with Crippen molar-refractivity contribution in [3.63, 3.8) is 0 Å². The van der Waals surface area contributed by atoms with Crippen molar-refractivity contribution in [2.75, 3.05) is 12.4 Å². The van der Waals surface area contributed by atoms with Crippen LogP contribution in [0, 0.1) is 0 Å². The van der Waals surface area contributed by atoms with Crippen LogP contribution in [0.25, 0.3) is 11.2 Å². The zero-order valence-corrected chi connectivity index (χ0v) is 13.0. The third-order valence-corrected chi connectivity index (χ3v) is 5.76. The van der Waals surface area contributed by atoms with E-state index in [-0.39, 0.29) is 0 Å². The van der Waals surface area contributed by atoms with Crippen LogP contribution in [0.3, 0.4) is 0 Å². The van der Waals surface area contributed by atoms with Gasteiger partial charge in [0.05, 0.1) is 11.5 Å². The summed E-state index contributed by atoms with van der Waals surface area (Å²) < 4.78 is 8.20. The Morgan fingerprint density at radius 2 is 2.29 bits per heavy atom. The number of aromatic nitrogens is 3. The second kappa shape index (κ2) is 5.97. The van der Waals surface area contributed by atoms with Gasteiger partial charge in [-0.15, -0.1) is 11.8 Å². The van der Waals surface area contributed by atoms with Gasteiger partial charge in [-0.05, 0) is 50.0 Å². The van der Waals surface area contributed by atoms with Crippen molar-refractivity contribution in [2.24, 2.45) is 0 Å². The third-order valence-electron chi connectivity index (χ3n) is 4.40. The Morgan fingerprint density at radius 1 is 1.29 bits per heavy atom. The largest absolute Gasteiger partial charge is 0.378 e. The molecular weight excluding hydrogens is 282 g/mol. The maximum Gasteiger partial charge on any atom is 0.160 e. The van der Waals surface area contributed by atoms with Crippen molar-refractivity contribution in [3.8, 4) is 0 Å². The van der Waals surface area contributed by atoms with Crippen molar-refractivity contribution in [1.29, 1.82) is 0 Å². The predicted molar refractivity (Wildman–Crippen MR) is 85.6 cm³/mol. The number of fused-ring (bicyclic) bond motifs is 1. The van der Waals surface area contributed by atoms with E-state index in [0.29, 0.717) is 11.5 Å². The highest BCUT2D eigenvalue weighted by Gasteiger charge is 2.25. The minimum Gasteiger partial charge on any atom is -0.378 e. The van der Waals surface area contributed by atoms with Crippen LogP contribution in [-0.2, 0) is 11.2 Å². The van der Waals surface area contributed by atoms with E-state index in [4.69, 9.17) is 9.72 Å². The molecule has 0 bridgehead atoms. The summed E-state index contributed by atoms with van der Waals surface area (Å²) in [4.78, 5) is 9.46. The van der Waals surface area contributed by atoms with Gasteiger partial charge in [-0.3, -0.25) is 4.57 Å². The number of imidazole rings is 1. The first-order valence-corrected chi connectivity index (χ1v) is 9.02. The normalized spacial score (nSPS) is 26.5. The lowest BCUT2D eigenvalue weighted by molar-refractivity contribution is 0.109. The van der Waals surface area contributed by atoms with Gasteiger partial charge in [-0.1, -0.05) is 0 Å². The van der Waals surface area contributed by atoms with Crippen molar-refractivity contribution >= 4 is 22.9 Å². The van der Waals surface area contributed by atoms with E-state index in [1.165, 1.54) is 31.4 Å². The third kappa shape index (κ3) is 2.69. The van der Waals surface area contributed by atoms with Crippen LogP contribution in [0.5, 0.6) is 0 Å². The zero-order valence-electron chi connectivity index (χ0n) is 12.2. The fraction of sp³-hybridized carbons (Fsp3) is 0.625. The van der Waals surface area contributed by atoms with Crippen molar-refractivity contribution in [1.82, 2.24) is 14.5 Å². The number of hydrogen-bond donors (Lipinski definition) is 0. The number of nitrogens with zero attached hydrogens (tertiary/aromatic N) is 3. The molecule has 2 atom stereocenters. The summed E-state index contributed by atoms with van der Waals surface area (Å²) in [6, 6.07) is 4.05. The number of rotatable bonds is 3. The fourth-order valence-corrected chi connectivity index (χ4v) is 4.71. The molecule has 4 heterocycles. The van der Waals surface area contributed by atoms with Gasteiger partial charge < -0.3 is 4.74 Å². The van der Waals surface area contributed by atoms with Crippen LogP contribution in [0.1, 0.15) is 43.3 Å². The molecule has 0 saturated carbocycles. The topological polar surface area (TPSA) is 39.9 Å². The molecule has 2 aliphatic rings. The van der Waals surface area contributed by atoms with Crippen LogP contribution in [-0.4, -0.2) is 33.0 Å². The first-order valence-electron chi connectivity index (χ1n) is 7.97. The van der Waals surface area contributed by atoms with Gasteiger partial charge in [-0.2, -0.15) is 0 Å². The molecule has 5 heteroatoms. The monoisotopic (exact) mass is 303 g/mol. The quantitative estimate of drug-likeness (QED) is 0.869. The maximum absolute atomic E-state index is 5.81. The van der Waals surface area contributed by atoms with Crippen LogP contribution in [0.4, 0.5) is 0 Å². The van der Waals surface area contributed by atoms with Crippen LogP contribution in [0.2, 0.25) is 0 Å². The van der Waals surface area contributed by atoms with Crippen molar-refractivity contribution < 1.29 is 4.74 Å². The summed E-state index contributed by atoms with van der Waals surface area (Å²) in [6.45, 7) is 0.904. The summed E-state index contributed by atoms with van der Waals surface area (Å²) in [5, 5.41) is 0.495. The second-order valence-electron chi connectivity index (χ2n) is 5.90. The molecule has 2 aromatic rings. The van der Waals surface area contributed by atoms with Gasteiger partial charge in [0.15, 0.2) is 5.65 Å². The molecule has 0 N–H and O–H groups in total. The highest BCUT2D eigenvalue weighted by atomic mass is 32.2. The number of ether oxygens (including phenoxy) is 1. The SMILES string of the molecule is c1cnc2c(c1)nc(CC1CCCO1)n2C1CCCCS1. The van der Waals surface area contributed by atoms with Gasteiger partial charge in [0.25, 0.3) is 0 Å². The van der Waals surface area contributed by atoms with Crippen LogP contribution in [0.15, 0.2) is 18.3 Å². The Hall–Kier alpha value is -1.07. The fourth-order valence-electron chi connectivity index (χ4n) is 3.36. The van der Waals surface area contributed by atoms with E-state index in [1.54, 1.807) is 0 Å². The van der Waals surface area contributed by atoms with Crippen molar-refractivity contribution in [2.45, 2.75) is 50.0 Å². The first kappa shape index (κ1) is 13.6. The molecule has 0 aromatic carbocycles. The summed E-state index contributed by atoms with van der Waals surface area (Å²) in [5.41, 5.74) is 2.07. The maximum atomic E-state index is 5.81. The van der Waals surface area contributed by atoms with Crippen LogP contribution >= 0.6 is 11.8 Å². The number of hydrogen-bond acceptors (Lipinski definition) is 4. The van der Waals surface area contributed by atoms with Gasteiger partial charge in [-0.25, -0.2) is 9.97 Å². The van der Waals surface area contributed by atoms with Crippen molar-refractivity contribution in [3.05, 3.63) is 24.2 Å². The summed E-state index contributed by atoms with van der Waals surface area (Å²) in [5.74, 6) is 2.41. The molecule has 2 fully saturated rings. The minimum absolute atomic E-state index is 0.342. The highest BCUT2D eigenvalue weighted by molar-refractivity contribution is 7.99. The Labute approximate surface area is 129 Å². The lowest BCUT2D eigenvalue weighted by atomic mass is 10.1. The second-order valence-corrected chi connectivity index (χ2v) is 7.19. The molecule has 0 amide bonds. The number of thioether (sulfide) groups is 1. The molecule has 21 heavy (non-hydrogen) atoms. The summed E-state index contributed by atoms with van der Waals surface area (Å²) in [7, 11) is 0. The van der Waals surface area contributed by atoms with Gasteiger partial charge in [0.1, 0.15) is 11.3 Å². The smallest absolute Gasteiger partial charge is 0.160 e. The Balaban J connectivity index is 1.72. The summed E-state index contributed by atoms with van der Waals surface area (Å²) >= 11 is 2.05. The molecule has 2 unspecified atom stereocenters. The summed E-state index contributed by atoms with van der Waals surface area (Å²) in [6.07, 6.45) is 9.36. The Kier molecular flexibility index (Phi) is 3.86. The van der Waals surface area contributed by atoms with E-state index >= 15 is 0 Å². The Bertz CT molecular complexity index is 615. The van der Waals surface area contributed by atoms with E-state index in [2.05, 4.69) is 15.6 Å². The molecule has 2 saturated heterocycles. The molecular formula is C16H21N3OS. The van der Waals surface area contributed by atoms with Gasteiger partial charge in [0.2, 0.25) is 0 Å². The van der Waals surface area contributed by atoms with E-state index in [0.717, 1.165) is 36.4 Å². The van der Waals surface area contributed by atoms with E-state index < -0.39 is 0 Å². The lowest BCUT2D eigenvalue weighted by Crippen LogP contribution is -2.18. The molecule has 2 aliphatic heterocycles. The highest BCUT2D eigenvalue weighted by Crippen LogP contribution is 2.37. The van der Waals surface area contributed by atoms with Crippen LogP contribution < -0.4 is 0 Å². The molecule has 0 aliphatic carbocycles. The molecule has 2 aromatic heterocycles. The molecule has 0 spiro atoms. The molecule has 112 valence electrons. The minimum atomic E-state index is 0.342.